The fourth-order valence-corrected chi connectivity index (χ4v) is 5.38. The molecule has 1 aliphatic carbocycles. The minimum atomic E-state index is -0.960. The summed E-state index contributed by atoms with van der Waals surface area (Å²) in [6.45, 7) is 6.34. The first-order chi connectivity index (χ1) is 23.6. The summed E-state index contributed by atoms with van der Waals surface area (Å²) < 4.78 is 22.3. The number of rotatable bonds is 16. The molecule has 258 valence electrons. The summed E-state index contributed by atoms with van der Waals surface area (Å²) in [5.41, 5.74) is 1.96. The van der Waals surface area contributed by atoms with Gasteiger partial charge in [-0.1, -0.05) is 78.0 Å². The molecule has 2 amide bonds. The lowest BCUT2D eigenvalue weighted by Gasteiger charge is -2.20. The van der Waals surface area contributed by atoms with Crippen LogP contribution in [0.3, 0.4) is 0 Å². The molecule has 1 aliphatic rings. The molecule has 1 unspecified atom stereocenters. The summed E-state index contributed by atoms with van der Waals surface area (Å²) in [4.78, 5) is 42.9. The number of aromatic nitrogens is 2. The van der Waals surface area contributed by atoms with E-state index in [2.05, 4.69) is 32.9 Å². The molecular weight excluding hydrogens is 624 g/mol. The van der Waals surface area contributed by atoms with Crippen molar-refractivity contribution in [2.75, 3.05) is 13.2 Å². The minimum absolute atomic E-state index is 0.0547. The van der Waals surface area contributed by atoms with Crippen molar-refractivity contribution >= 4 is 18.0 Å². The van der Waals surface area contributed by atoms with Gasteiger partial charge < -0.3 is 29.4 Å². The van der Waals surface area contributed by atoms with Crippen LogP contribution in [0.15, 0.2) is 89.5 Å². The van der Waals surface area contributed by atoms with Crippen LogP contribution in [0, 0.1) is 0 Å². The van der Waals surface area contributed by atoms with Crippen molar-refractivity contribution in [2.24, 2.45) is 0 Å². The molecule has 49 heavy (non-hydrogen) atoms. The number of hydrogen-bond donors (Lipinski definition) is 2. The van der Waals surface area contributed by atoms with Crippen molar-refractivity contribution in [3.8, 4) is 5.75 Å². The lowest BCUT2D eigenvalue weighted by Crippen LogP contribution is -2.41. The molecule has 2 N–H and O–H groups in total. The summed E-state index contributed by atoms with van der Waals surface area (Å²) in [6, 6.07) is 26.3. The van der Waals surface area contributed by atoms with Gasteiger partial charge in [0.2, 0.25) is 17.5 Å². The van der Waals surface area contributed by atoms with Crippen LogP contribution in [0.1, 0.15) is 86.1 Å². The molecule has 0 aliphatic heterocycles. The fourth-order valence-electron chi connectivity index (χ4n) is 5.38. The smallest absolute Gasteiger partial charge is 0.408 e. The highest BCUT2D eigenvalue weighted by molar-refractivity contribution is 5.98. The van der Waals surface area contributed by atoms with E-state index in [1.54, 1.807) is 20.8 Å². The third kappa shape index (κ3) is 10.4. The molecule has 11 heteroatoms. The summed E-state index contributed by atoms with van der Waals surface area (Å²) in [5.74, 6) is 0.541. The van der Waals surface area contributed by atoms with Crippen molar-refractivity contribution in [3.63, 3.8) is 0 Å². The molecule has 0 bridgehead atoms. The molecule has 1 atom stereocenters. The zero-order chi connectivity index (χ0) is 34.7. The first-order valence-electron chi connectivity index (χ1n) is 16.7. The number of benzene rings is 3. The van der Waals surface area contributed by atoms with Crippen LogP contribution in [0.25, 0.3) is 0 Å². The van der Waals surface area contributed by atoms with E-state index in [0.29, 0.717) is 31.9 Å². The number of carbonyl (C=O) groups is 3. The number of unbranched alkanes of at least 4 members (excludes halogenated alkanes) is 1. The van der Waals surface area contributed by atoms with Crippen LogP contribution in [0.5, 0.6) is 5.75 Å². The second kappa shape index (κ2) is 16.3. The van der Waals surface area contributed by atoms with Crippen molar-refractivity contribution in [1.82, 2.24) is 20.8 Å². The highest BCUT2D eigenvalue weighted by Crippen LogP contribution is 2.53. The fraction of sp³-hybridized carbons (Fsp3) is 0.395. The van der Waals surface area contributed by atoms with Crippen molar-refractivity contribution in [1.29, 1.82) is 0 Å². The second-order valence-corrected chi connectivity index (χ2v) is 13.2. The van der Waals surface area contributed by atoms with Gasteiger partial charge in [-0.3, -0.25) is 4.79 Å². The molecule has 1 fully saturated rings. The summed E-state index contributed by atoms with van der Waals surface area (Å²) in [6.07, 6.45) is 2.51. The third-order valence-corrected chi connectivity index (χ3v) is 8.12. The van der Waals surface area contributed by atoms with Crippen LogP contribution in [-0.2, 0) is 27.9 Å². The van der Waals surface area contributed by atoms with Crippen LogP contribution in [0.2, 0.25) is 0 Å². The van der Waals surface area contributed by atoms with Crippen LogP contribution < -0.4 is 15.4 Å². The molecule has 0 saturated heterocycles. The monoisotopic (exact) mass is 668 g/mol. The maximum Gasteiger partial charge on any atom is 0.408 e. The predicted octanol–water partition coefficient (Wildman–Crippen LogP) is 6.94. The Morgan fingerprint density at radius 2 is 1.55 bits per heavy atom. The van der Waals surface area contributed by atoms with Gasteiger partial charge >= 0.3 is 12.2 Å². The highest BCUT2D eigenvalue weighted by Gasteiger charge is 2.51. The number of alkyl carbamates (subject to hydrolysis) is 2. The van der Waals surface area contributed by atoms with E-state index in [0.717, 1.165) is 36.1 Å². The molecular formula is C38H44N4O7. The van der Waals surface area contributed by atoms with Gasteiger partial charge in [-0.15, -0.1) is 0 Å². The van der Waals surface area contributed by atoms with E-state index in [1.165, 1.54) is 5.56 Å². The zero-order valence-electron chi connectivity index (χ0n) is 28.3. The van der Waals surface area contributed by atoms with Gasteiger partial charge in [0.25, 0.3) is 0 Å². The standard InChI is InChI=1S/C38H44N4O7/c1-37(2,3)48-35(44)39-24-11-10-16-31(40-36(45)47-26-28-14-8-5-9-15-28)32(43)33-41-34(49-42-33)38(22-23-38)29-17-19-30(20-18-29)46-25-21-27-12-6-4-7-13-27/h4-9,12-15,17-20,31H,10-11,16,21-26H2,1-3H3,(H,39,44)(H,40,45). The molecule has 5 rings (SSSR count). The van der Waals surface area contributed by atoms with Crippen molar-refractivity contribution in [2.45, 2.75) is 83.0 Å². The molecule has 1 heterocycles. The Balaban J connectivity index is 1.19. The maximum atomic E-state index is 13.7. The van der Waals surface area contributed by atoms with Gasteiger partial charge in [0.15, 0.2) is 0 Å². The Morgan fingerprint density at radius 1 is 0.878 bits per heavy atom. The van der Waals surface area contributed by atoms with E-state index in [-0.39, 0.29) is 18.9 Å². The number of amides is 2. The van der Waals surface area contributed by atoms with Gasteiger partial charge in [-0.25, -0.2) is 9.59 Å². The van der Waals surface area contributed by atoms with E-state index in [9.17, 15) is 14.4 Å². The summed E-state index contributed by atoms with van der Waals surface area (Å²) in [7, 11) is 0. The van der Waals surface area contributed by atoms with Gasteiger partial charge in [0, 0.05) is 13.0 Å². The average molecular weight is 669 g/mol. The topological polar surface area (TPSA) is 142 Å². The average Bonchev–Trinajstić information content (AvgIpc) is 3.75. The van der Waals surface area contributed by atoms with Crippen LogP contribution >= 0.6 is 0 Å². The van der Waals surface area contributed by atoms with Gasteiger partial charge in [0.05, 0.1) is 18.1 Å². The van der Waals surface area contributed by atoms with Crippen molar-refractivity contribution < 1.29 is 33.1 Å². The maximum absolute atomic E-state index is 13.7. The third-order valence-electron chi connectivity index (χ3n) is 8.12. The SMILES string of the molecule is CC(C)(C)OC(=O)NCCCCC(NC(=O)OCc1ccccc1)C(=O)c1noc(C2(c3ccc(OCCc4ccccc4)cc3)CC2)n1. The molecule has 1 aromatic heterocycles. The van der Waals surface area contributed by atoms with Crippen molar-refractivity contribution in [3.05, 3.63) is 113 Å². The first kappa shape index (κ1) is 35.1. The van der Waals surface area contributed by atoms with Gasteiger partial charge in [-0.05, 0) is 81.7 Å². The first-order valence-corrected chi connectivity index (χ1v) is 16.7. The normalized spacial score (nSPS) is 13.9. The minimum Gasteiger partial charge on any atom is -0.493 e. The zero-order valence-corrected chi connectivity index (χ0v) is 28.3. The Kier molecular flexibility index (Phi) is 11.7. The number of nitrogens with one attached hydrogen (secondary N) is 2. The number of hydrogen-bond acceptors (Lipinski definition) is 9. The number of Topliss-reactive ketones (excluding diaryl/α,β-unsaturated/α-hetero) is 1. The molecule has 0 spiro atoms. The molecule has 3 aromatic carbocycles. The number of ether oxygens (including phenoxy) is 3. The Labute approximate surface area is 286 Å². The largest absolute Gasteiger partial charge is 0.493 e. The number of nitrogens with zero attached hydrogens (tertiary/aromatic N) is 2. The number of carbonyl (C=O) groups excluding carboxylic acids is 3. The molecule has 11 nitrogen and oxygen atoms in total. The molecule has 4 aromatic rings. The van der Waals surface area contributed by atoms with E-state index in [4.69, 9.17) is 18.7 Å². The van der Waals surface area contributed by atoms with E-state index in [1.807, 2.05) is 72.8 Å². The van der Waals surface area contributed by atoms with E-state index < -0.39 is 35.0 Å². The molecule has 1 saturated carbocycles. The second-order valence-electron chi connectivity index (χ2n) is 13.2. The van der Waals surface area contributed by atoms with Crippen LogP contribution in [0.4, 0.5) is 9.59 Å². The summed E-state index contributed by atoms with van der Waals surface area (Å²) in [5, 5.41) is 9.43. The van der Waals surface area contributed by atoms with Gasteiger partial charge in [-0.2, -0.15) is 4.98 Å². The van der Waals surface area contributed by atoms with Gasteiger partial charge in [0.1, 0.15) is 18.0 Å². The van der Waals surface area contributed by atoms with Crippen LogP contribution in [-0.4, -0.2) is 52.9 Å². The Hall–Kier alpha value is -5.19. The van der Waals surface area contributed by atoms with E-state index >= 15 is 0 Å². The quantitative estimate of drug-likeness (QED) is 0.0959. The summed E-state index contributed by atoms with van der Waals surface area (Å²) >= 11 is 0. The number of ketones is 1. The lowest BCUT2D eigenvalue weighted by atomic mass is 9.96. The molecule has 0 radical (unpaired) electrons. The predicted molar refractivity (Wildman–Crippen MR) is 182 cm³/mol. The lowest BCUT2D eigenvalue weighted by molar-refractivity contribution is 0.0526. The highest BCUT2D eigenvalue weighted by atomic mass is 16.6. The Bertz CT molecular complexity index is 1660. The Morgan fingerprint density at radius 3 is 2.20 bits per heavy atom.